The fourth-order valence-corrected chi connectivity index (χ4v) is 1.65. The average molecular weight is 252 g/mol. The van der Waals surface area contributed by atoms with E-state index in [1.165, 1.54) is 0 Å². The van der Waals surface area contributed by atoms with E-state index in [1.807, 2.05) is 0 Å². The van der Waals surface area contributed by atoms with E-state index in [-0.39, 0.29) is 0 Å². The smallest absolute Gasteiger partial charge is 0.138 e. The van der Waals surface area contributed by atoms with Gasteiger partial charge in [0, 0.05) is 23.5 Å². The molecular formula is C9H11Cl2NOS. The maximum atomic E-state index is 6.01. The van der Waals surface area contributed by atoms with Gasteiger partial charge in [0.2, 0.25) is 0 Å². The topological polar surface area (TPSA) is 21.3 Å². The minimum Gasteiger partial charge on any atom is -0.495 e. The first-order chi connectivity index (χ1) is 6.69. The number of hydrogen-bond donors (Lipinski definition) is 2. The molecule has 1 rings (SSSR count). The zero-order valence-corrected chi connectivity index (χ0v) is 10.1. The Labute approximate surface area is 99.0 Å². The molecule has 0 atom stereocenters. The van der Waals surface area contributed by atoms with Crippen LogP contribution in [0.5, 0.6) is 5.75 Å². The lowest BCUT2D eigenvalue weighted by molar-refractivity contribution is 0.415. The first-order valence-electron chi connectivity index (χ1n) is 4.02. The van der Waals surface area contributed by atoms with E-state index in [1.54, 1.807) is 19.2 Å². The van der Waals surface area contributed by atoms with Crippen LogP contribution in [0.4, 0.5) is 0 Å². The highest BCUT2D eigenvalue weighted by Crippen LogP contribution is 2.30. The van der Waals surface area contributed by atoms with Crippen LogP contribution in [-0.2, 0) is 6.54 Å². The SMILES string of the molecule is COc1cc(Cl)c(CNCS)cc1Cl. The molecule has 1 N–H and O–H groups in total. The highest BCUT2D eigenvalue weighted by Gasteiger charge is 2.06. The molecule has 0 saturated heterocycles. The molecule has 1 aromatic carbocycles. The molecule has 14 heavy (non-hydrogen) atoms. The zero-order valence-electron chi connectivity index (χ0n) is 7.68. The number of rotatable bonds is 4. The molecule has 0 heterocycles. The molecule has 0 aliphatic rings. The summed E-state index contributed by atoms with van der Waals surface area (Å²) in [7, 11) is 1.56. The van der Waals surface area contributed by atoms with Gasteiger partial charge < -0.3 is 10.1 Å². The molecule has 0 radical (unpaired) electrons. The maximum absolute atomic E-state index is 6.01. The molecule has 0 amide bonds. The van der Waals surface area contributed by atoms with E-state index in [0.717, 1.165) is 5.56 Å². The second-order valence-electron chi connectivity index (χ2n) is 2.66. The van der Waals surface area contributed by atoms with Gasteiger partial charge in [0.1, 0.15) is 5.75 Å². The van der Waals surface area contributed by atoms with Crippen molar-refractivity contribution in [1.29, 1.82) is 0 Å². The summed E-state index contributed by atoms with van der Waals surface area (Å²) in [6, 6.07) is 3.50. The van der Waals surface area contributed by atoms with Crippen LogP contribution in [0, 0.1) is 0 Å². The number of halogens is 2. The van der Waals surface area contributed by atoms with Gasteiger partial charge in [0.05, 0.1) is 12.1 Å². The summed E-state index contributed by atoms with van der Waals surface area (Å²) in [5.41, 5.74) is 0.937. The Balaban J connectivity index is 2.90. The molecule has 0 fully saturated rings. The van der Waals surface area contributed by atoms with Crippen LogP contribution < -0.4 is 10.1 Å². The highest BCUT2D eigenvalue weighted by molar-refractivity contribution is 7.80. The Morgan fingerprint density at radius 3 is 2.64 bits per heavy atom. The number of benzene rings is 1. The molecule has 2 nitrogen and oxygen atoms in total. The minimum absolute atomic E-state index is 0.563. The van der Waals surface area contributed by atoms with E-state index in [0.29, 0.717) is 28.2 Å². The van der Waals surface area contributed by atoms with Crippen molar-refractivity contribution in [2.75, 3.05) is 13.0 Å². The van der Waals surface area contributed by atoms with Crippen molar-refractivity contribution in [3.05, 3.63) is 27.7 Å². The standard InChI is InChI=1S/C9H11Cl2NOS/c1-13-9-3-7(10)6(2-8(9)11)4-12-5-14/h2-3,12,14H,4-5H2,1H3. The third-order valence-corrected chi connectivity index (χ3v) is 2.62. The normalized spacial score (nSPS) is 10.3. The summed E-state index contributed by atoms with van der Waals surface area (Å²) >= 11 is 16.0. The lowest BCUT2D eigenvalue weighted by atomic mass is 10.2. The number of methoxy groups -OCH3 is 1. The van der Waals surface area contributed by atoms with Gasteiger partial charge in [-0.3, -0.25) is 0 Å². The van der Waals surface area contributed by atoms with E-state index < -0.39 is 0 Å². The van der Waals surface area contributed by atoms with Gasteiger partial charge in [-0.25, -0.2) is 0 Å². The van der Waals surface area contributed by atoms with Crippen molar-refractivity contribution < 1.29 is 4.74 Å². The lowest BCUT2D eigenvalue weighted by Gasteiger charge is -2.08. The fourth-order valence-electron chi connectivity index (χ4n) is 1.05. The predicted octanol–water partition coefficient (Wildman–Crippen LogP) is 2.98. The molecule has 5 heteroatoms. The van der Waals surface area contributed by atoms with Crippen molar-refractivity contribution in [2.45, 2.75) is 6.54 Å². The van der Waals surface area contributed by atoms with Crippen LogP contribution in [0.1, 0.15) is 5.56 Å². The van der Waals surface area contributed by atoms with E-state index >= 15 is 0 Å². The molecule has 1 aromatic rings. The van der Waals surface area contributed by atoms with Crippen LogP contribution in [0.2, 0.25) is 10.0 Å². The second kappa shape index (κ2) is 5.71. The quantitative estimate of drug-likeness (QED) is 0.635. The monoisotopic (exact) mass is 251 g/mol. The minimum atomic E-state index is 0.563. The molecule has 0 aromatic heterocycles. The molecule has 0 spiro atoms. The Hall–Kier alpha value is -0.0900. The largest absolute Gasteiger partial charge is 0.495 e. The third kappa shape index (κ3) is 2.95. The van der Waals surface area contributed by atoms with Gasteiger partial charge in [0.15, 0.2) is 0 Å². The number of nitrogens with one attached hydrogen (secondary N) is 1. The first-order valence-corrected chi connectivity index (χ1v) is 5.41. The van der Waals surface area contributed by atoms with Crippen LogP contribution >= 0.6 is 35.8 Å². The highest BCUT2D eigenvalue weighted by atomic mass is 35.5. The van der Waals surface area contributed by atoms with Gasteiger partial charge in [-0.1, -0.05) is 23.2 Å². The number of hydrogen-bond acceptors (Lipinski definition) is 3. The molecule has 78 valence electrons. The lowest BCUT2D eigenvalue weighted by Crippen LogP contribution is -2.10. The van der Waals surface area contributed by atoms with Gasteiger partial charge >= 0.3 is 0 Å². The van der Waals surface area contributed by atoms with Crippen LogP contribution in [0.3, 0.4) is 0 Å². The Morgan fingerprint density at radius 1 is 1.36 bits per heavy atom. The zero-order chi connectivity index (χ0) is 10.6. The summed E-state index contributed by atoms with van der Waals surface area (Å²) in [4.78, 5) is 0. The predicted molar refractivity (Wildman–Crippen MR) is 63.7 cm³/mol. The Bertz CT molecular complexity index is 320. The summed E-state index contributed by atoms with van der Waals surface area (Å²) in [6.45, 7) is 0.645. The molecule has 0 bridgehead atoms. The molecule has 0 aliphatic heterocycles. The van der Waals surface area contributed by atoms with Crippen LogP contribution in [0.25, 0.3) is 0 Å². The van der Waals surface area contributed by atoms with Gasteiger partial charge in [-0.05, 0) is 11.6 Å². The summed E-state index contributed by atoms with van der Waals surface area (Å²) in [6.07, 6.45) is 0. The number of thiol groups is 1. The fraction of sp³-hybridized carbons (Fsp3) is 0.333. The van der Waals surface area contributed by atoms with E-state index in [2.05, 4.69) is 17.9 Å². The van der Waals surface area contributed by atoms with Crippen molar-refractivity contribution in [2.24, 2.45) is 0 Å². The molecule has 0 aliphatic carbocycles. The Kier molecular flexibility index (Phi) is 4.89. The van der Waals surface area contributed by atoms with Crippen molar-refractivity contribution in [3.63, 3.8) is 0 Å². The van der Waals surface area contributed by atoms with E-state index in [4.69, 9.17) is 27.9 Å². The van der Waals surface area contributed by atoms with Crippen LogP contribution in [-0.4, -0.2) is 13.0 Å². The summed E-state index contributed by atoms with van der Waals surface area (Å²) < 4.78 is 5.03. The Morgan fingerprint density at radius 2 is 2.07 bits per heavy atom. The average Bonchev–Trinajstić information content (AvgIpc) is 2.18. The van der Waals surface area contributed by atoms with Gasteiger partial charge in [-0.15, -0.1) is 0 Å². The van der Waals surface area contributed by atoms with Crippen molar-refractivity contribution in [3.8, 4) is 5.75 Å². The summed E-state index contributed by atoms with van der Waals surface area (Å²) in [5, 5.41) is 4.25. The van der Waals surface area contributed by atoms with Gasteiger partial charge in [0.25, 0.3) is 0 Å². The summed E-state index contributed by atoms with van der Waals surface area (Å²) in [5.74, 6) is 1.19. The van der Waals surface area contributed by atoms with Crippen molar-refractivity contribution >= 4 is 35.8 Å². The molecule has 0 unspecified atom stereocenters. The van der Waals surface area contributed by atoms with Crippen LogP contribution in [0.15, 0.2) is 12.1 Å². The second-order valence-corrected chi connectivity index (χ2v) is 3.79. The molecular weight excluding hydrogens is 241 g/mol. The van der Waals surface area contributed by atoms with Crippen molar-refractivity contribution in [1.82, 2.24) is 5.32 Å². The third-order valence-electron chi connectivity index (χ3n) is 1.75. The van der Waals surface area contributed by atoms with E-state index in [9.17, 15) is 0 Å². The molecule has 0 saturated carbocycles. The number of ether oxygens (including phenoxy) is 1. The maximum Gasteiger partial charge on any atom is 0.138 e. The first kappa shape index (κ1) is 12.0. The van der Waals surface area contributed by atoms with Gasteiger partial charge in [-0.2, -0.15) is 12.6 Å².